The Morgan fingerprint density at radius 3 is 3.06 bits per heavy atom. The fraction of sp³-hybridized carbons (Fsp3) is 0.333. The number of ether oxygens (including phenoxy) is 1. The van der Waals surface area contributed by atoms with E-state index < -0.39 is 0 Å². The Morgan fingerprint density at radius 2 is 2.50 bits per heavy atom. The molecule has 1 rings (SSSR count). The summed E-state index contributed by atoms with van der Waals surface area (Å²) in [5.41, 5.74) is 1.36. The van der Waals surface area contributed by atoms with E-state index in [0.717, 1.165) is 5.56 Å². The maximum atomic E-state index is 12.6. The molecule has 0 aliphatic rings. The lowest BCUT2D eigenvalue weighted by atomic mass is 9.93. The third kappa shape index (κ3) is 4.55. The van der Waals surface area contributed by atoms with E-state index in [9.17, 15) is 4.39 Å². The Hall–Kier alpha value is -0.515. The predicted octanol–water partition coefficient (Wildman–Crippen LogP) is 3.19. The van der Waals surface area contributed by atoms with Crippen LogP contribution in [-0.2, 0) is 0 Å². The van der Waals surface area contributed by atoms with Gasteiger partial charge in [-0.15, -0.1) is 0 Å². The molecule has 1 atom stereocenters. The minimum Gasteiger partial charge on any atom is -0.480 e. The third-order valence-electron chi connectivity index (χ3n) is 1.91. The van der Waals surface area contributed by atoms with Gasteiger partial charge in [-0.1, -0.05) is 23.2 Å². The van der Waals surface area contributed by atoms with Crippen LogP contribution in [0.15, 0.2) is 30.1 Å². The second-order valence-electron chi connectivity index (χ2n) is 3.52. The van der Waals surface area contributed by atoms with Crippen molar-refractivity contribution in [2.45, 2.75) is 24.4 Å². The second kappa shape index (κ2) is 6.28. The fourth-order valence-electron chi connectivity index (χ4n) is 1.15. The molecule has 16 heavy (non-hydrogen) atoms. The van der Waals surface area contributed by atoms with Crippen LogP contribution in [-0.4, -0.2) is 12.0 Å². The van der Waals surface area contributed by atoms with Crippen LogP contribution in [0.1, 0.15) is 20.3 Å². The Labute approximate surface area is 112 Å². The highest BCUT2D eigenvalue weighted by atomic mass is 127. The van der Waals surface area contributed by atoms with Gasteiger partial charge < -0.3 is 4.74 Å². The van der Waals surface area contributed by atoms with Crippen LogP contribution >= 0.6 is 22.6 Å². The van der Waals surface area contributed by atoms with Crippen molar-refractivity contribution in [2.75, 3.05) is 0 Å². The van der Waals surface area contributed by atoms with E-state index in [4.69, 9.17) is 14.0 Å². The lowest BCUT2D eigenvalue weighted by Gasteiger charge is -2.14. The minimum absolute atomic E-state index is 0.238. The largest absolute Gasteiger partial charge is 0.480 e. The highest BCUT2D eigenvalue weighted by molar-refractivity contribution is 14.1. The number of rotatable bonds is 4. The van der Waals surface area contributed by atoms with Gasteiger partial charge in [-0.2, -0.15) is 0 Å². The van der Waals surface area contributed by atoms with Gasteiger partial charge in [-0.3, -0.25) is 0 Å². The minimum atomic E-state index is -0.243. The van der Waals surface area contributed by atoms with Crippen LogP contribution in [0, 0.1) is 6.92 Å². The number of aryl methyl sites for hydroxylation is 1. The van der Waals surface area contributed by atoms with E-state index in [1.807, 2.05) is 29.5 Å². The molecular weight excluding hydrogens is 317 g/mol. The van der Waals surface area contributed by atoms with Crippen LogP contribution < -0.4 is 10.2 Å². The Bertz CT molecular complexity index is 410. The molecule has 1 aromatic carbocycles. The molecule has 1 nitrogen and oxygen atoms in total. The molecule has 0 aliphatic heterocycles. The molecule has 0 aromatic heterocycles. The molecule has 4 heteroatoms. The summed E-state index contributed by atoms with van der Waals surface area (Å²) in [5.74, 6) is 0.123. The first-order valence-electron chi connectivity index (χ1n) is 5.40. The van der Waals surface area contributed by atoms with Crippen molar-refractivity contribution in [3.05, 3.63) is 35.6 Å². The van der Waals surface area contributed by atoms with Crippen molar-refractivity contribution in [3.8, 4) is 5.75 Å². The molecule has 0 fully saturated rings. The van der Waals surface area contributed by atoms with Gasteiger partial charge in [0.25, 0.3) is 0 Å². The van der Waals surface area contributed by atoms with Crippen LogP contribution in [0.3, 0.4) is 0 Å². The molecule has 0 heterocycles. The first-order valence-corrected chi connectivity index (χ1v) is 6.14. The van der Waals surface area contributed by atoms with Gasteiger partial charge in [0.1, 0.15) is 13.6 Å². The SMILES string of the molecule is [2H]c1cc(C)cc([B])c1OC(I)C/C=C(/C)F. The summed E-state index contributed by atoms with van der Waals surface area (Å²) in [6, 6.07) is 3.70. The number of hydrogen-bond acceptors (Lipinski definition) is 1. The van der Waals surface area contributed by atoms with Gasteiger partial charge in [0.15, 0.2) is 4.11 Å². The van der Waals surface area contributed by atoms with Crippen molar-refractivity contribution in [3.63, 3.8) is 0 Å². The lowest BCUT2D eigenvalue weighted by Crippen LogP contribution is -2.14. The summed E-state index contributed by atoms with van der Waals surface area (Å²) in [5, 5.41) is 0. The molecule has 0 amide bonds. The van der Waals surface area contributed by atoms with E-state index >= 15 is 0 Å². The molecule has 1 unspecified atom stereocenters. The zero-order valence-electron chi connectivity index (χ0n) is 10.3. The zero-order valence-corrected chi connectivity index (χ0v) is 11.4. The maximum Gasteiger partial charge on any atom is 0.152 e. The van der Waals surface area contributed by atoms with Crippen LogP contribution in [0.4, 0.5) is 4.39 Å². The summed E-state index contributed by atoms with van der Waals surface area (Å²) in [4.78, 5) is 0. The first kappa shape index (κ1) is 12.0. The number of alkyl halides is 1. The lowest BCUT2D eigenvalue weighted by molar-refractivity contribution is 0.308. The molecule has 0 N–H and O–H groups in total. The standard InChI is InChI=1S/C12H13BFIO/c1-8-3-5-11(10(13)7-8)16-12(15)6-4-9(2)14/h3-5,7,12H,6H2,1-2H3/b9-4-/i5D. The van der Waals surface area contributed by atoms with Gasteiger partial charge in [0.2, 0.25) is 0 Å². The van der Waals surface area contributed by atoms with Crippen LogP contribution in [0.5, 0.6) is 5.75 Å². The van der Waals surface area contributed by atoms with E-state index in [1.54, 1.807) is 12.1 Å². The summed E-state index contributed by atoms with van der Waals surface area (Å²) in [6.45, 7) is 3.26. The topological polar surface area (TPSA) is 9.23 Å². The third-order valence-corrected chi connectivity index (χ3v) is 2.67. The number of allylic oxidation sites excluding steroid dienone is 1. The predicted molar refractivity (Wildman–Crippen MR) is 74.5 cm³/mol. The molecule has 2 radical (unpaired) electrons. The quantitative estimate of drug-likeness (QED) is 0.468. The molecule has 0 spiro atoms. The second-order valence-corrected chi connectivity index (χ2v) is 4.91. The van der Waals surface area contributed by atoms with E-state index in [2.05, 4.69) is 0 Å². The highest BCUT2D eigenvalue weighted by Crippen LogP contribution is 2.16. The van der Waals surface area contributed by atoms with Gasteiger partial charge in [-0.05, 0) is 48.6 Å². The Balaban J connectivity index is 2.78. The van der Waals surface area contributed by atoms with Crippen molar-refractivity contribution >= 4 is 35.9 Å². The van der Waals surface area contributed by atoms with Crippen molar-refractivity contribution in [1.82, 2.24) is 0 Å². The molecule has 0 saturated heterocycles. The van der Waals surface area contributed by atoms with Crippen LogP contribution in [0.25, 0.3) is 0 Å². The van der Waals surface area contributed by atoms with E-state index in [0.29, 0.717) is 17.6 Å². The number of halogens is 2. The summed E-state index contributed by atoms with van der Waals surface area (Å²) in [6.07, 6.45) is 1.89. The van der Waals surface area contributed by atoms with Gasteiger partial charge >= 0.3 is 0 Å². The zero-order chi connectivity index (χ0) is 13.0. The van der Waals surface area contributed by atoms with Gasteiger partial charge in [-0.25, -0.2) is 4.39 Å². The normalized spacial score (nSPS) is 14.5. The molecule has 1 aromatic rings. The molecule has 84 valence electrons. The molecule has 0 bridgehead atoms. The van der Waals surface area contributed by atoms with E-state index in [-0.39, 0.29) is 16.0 Å². The fourth-order valence-corrected chi connectivity index (χ4v) is 1.66. The monoisotopic (exact) mass is 331 g/mol. The summed E-state index contributed by atoms with van der Waals surface area (Å²) < 4.78 is 25.6. The number of hydrogen-bond donors (Lipinski definition) is 0. The maximum absolute atomic E-state index is 12.6. The van der Waals surface area contributed by atoms with Crippen molar-refractivity contribution in [1.29, 1.82) is 0 Å². The summed E-state index contributed by atoms with van der Waals surface area (Å²) in [7, 11) is 5.79. The molecule has 0 aliphatic carbocycles. The molecule has 0 saturated carbocycles. The van der Waals surface area contributed by atoms with Gasteiger partial charge in [0.05, 0.1) is 7.20 Å². The molecular formula is C12H13BFIO. The van der Waals surface area contributed by atoms with Crippen molar-refractivity contribution < 1.29 is 10.5 Å². The Morgan fingerprint density at radius 1 is 1.81 bits per heavy atom. The van der Waals surface area contributed by atoms with Gasteiger partial charge in [0, 0.05) is 6.42 Å². The first-order chi connectivity index (χ1) is 7.90. The highest BCUT2D eigenvalue weighted by Gasteiger charge is 2.06. The summed E-state index contributed by atoms with van der Waals surface area (Å²) >= 11 is 2.05. The average Bonchev–Trinajstić information content (AvgIpc) is 2.20. The Kier molecular flexibility index (Phi) is 4.69. The van der Waals surface area contributed by atoms with E-state index in [1.165, 1.54) is 13.0 Å². The van der Waals surface area contributed by atoms with Crippen LogP contribution in [0.2, 0.25) is 0 Å². The number of benzene rings is 1. The van der Waals surface area contributed by atoms with Crippen molar-refractivity contribution in [2.24, 2.45) is 0 Å². The average molecular weight is 331 g/mol. The smallest absolute Gasteiger partial charge is 0.152 e.